The standard InChI is InChI=1S/C11H12BrFN4/c1-17-6-7(5-15-17)11(16-14)9-4-8(13)2-3-10(9)12/h2-6,11,16H,14H2,1H3. The van der Waals surface area contributed by atoms with Crippen LogP contribution in [-0.4, -0.2) is 9.78 Å². The second-order valence-electron chi connectivity index (χ2n) is 3.71. The lowest BCUT2D eigenvalue weighted by atomic mass is 10.0. The van der Waals surface area contributed by atoms with Crippen LogP contribution in [0, 0.1) is 5.82 Å². The number of benzene rings is 1. The fourth-order valence-electron chi connectivity index (χ4n) is 1.69. The van der Waals surface area contributed by atoms with Crippen LogP contribution in [0.4, 0.5) is 4.39 Å². The Labute approximate surface area is 107 Å². The summed E-state index contributed by atoms with van der Waals surface area (Å²) in [5.74, 6) is 5.24. The Morgan fingerprint density at radius 3 is 2.88 bits per heavy atom. The number of nitrogens with zero attached hydrogens (tertiary/aromatic N) is 2. The van der Waals surface area contributed by atoms with E-state index in [1.165, 1.54) is 12.1 Å². The predicted octanol–water partition coefficient (Wildman–Crippen LogP) is 1.87. The molecule has 6 heteroatoms. The number of halogens is 2. The number of hydrogen-bond acceptors (Lipinski definition) is 3. The molecule has 1 aromatic heterocycles. The van der Waals surface area contributed by atoms with Crippen LogP contribution in [0.2, 0.25) is 0 Å². The van der Waals surface area contributed by atoms with Gasteiger partial charge in [0.2, 0.25) is 0 Å². The third kappa shape index (κ3) is 2.54. The van der Waals surface area contributed by atoms with Gasteiger partial charge in [-0.15, -0.1) is 0 Å². The Bertz CT molecular complexity index is 526. The van der Waals surface area contributed by atoms with Crippen molar-refractivity contribution in [2.24, 2.45) is 12.9 Å². The Kier molecular flexibility index (Phi) is 3.56. The lowest BCUT2D eigenvalue weighted by molar-refractivity contribution is 0.603. The molecule has 90 valence electrons. The molecule has 0 amide bonds. The van der Waals surface area contributed by atoms with Crippen LogP contribution in [0.15, 0.2) is 35.1 Å². The first kappa shape index (κ1) is 12.2. The average molecular weight is 299 g/mol. The number of hydrazine groups is 1. The molecule has 0 bridgehead atoms. The Hall–Kier alpha value is -1.24. The fraction of sp³-hybridized carbons (Fsp3) is 0.182. The molecule has 0 aliphatic rings. The molecule has 1 atom stereocenters. The van der Waals surface area contributed by atoms with Crippen LogP contribution in [-0.2, 0) is 7.05 Å². The van der Waals surface area contributed by atoms with E-state index in [0.29, 0.717) is 0 Å². The molecule has 0 saturated carbocycles. The number of rotatable bonds is 3. The molecule has 1 heterocycles. The van der Waals surface area contributed by atoms with Crippen molar-refractivity contribution < 1.29 is 4.39 Å². The number of nitrogens with one attached hydrogen (secondary N) is 1. The van der Waals surface area contributed by atoms with Crippen molar-refractivity contribution in [1.29, 1.82) is 0 Å². The summed E-state index contributed by atoms with van der Waals surface area (Å²) in [5.41, 5.74) is 4.28. The van der Waals surface area contributed by atoms with E-state index >= 15 is 0 Å². The molecule has 4 nitrogen and oxygen atoms in total. The van der Waals surface area contributed by atoms with Crippen molar-refractivity contribution >= 4 is 15.9 Å². The summed E-state index contributed by atoms with van der Waals surface area (Å²) in [6.45, 7) is 0. The molecule has 0 spiro atoms. The SMILES string of the molecule is Cn1cc(C(NN)c2cc(F)ccc2Br)cn1. The summed E-state index contributed by atoms with van der Waals surface area (Å²) in [5, 5.41) is 4.08. The molecule has 0 aliphatic heterocycles. The lowest BCUT2D eigenvalue weighted by Crippen LogP contribution is -2.29. The number of hydrogen-bond donors (Lipinski definition) is 2. The first-order chi connectivity index (χ1) is 8.11. The molecule has 0 radical (unpaired) electrons. The zero-order valence-electron chi connectivity index (χ0n) is 9.19. The molecule has 0 saturated heterocycles. The van der Waals surface area contributed by atoms with Gasteiger partial charge in [0.05, 0.1) is 12.2 Å². The minimum atomic E-state index is -0.299. The van der Waals surface area contributed by atoms with E-state index in [1.807, 2.05) is 13.2 Å². The highest BCUT2D eigenvalue weighted by Gasteiger charge is 2.17. The third-order valence-corrected chi connectivity index (χ3v) is 3.22. The fourth-order valence-corrected chi connectivity index (χ4v) is 2.17. The van der Waals surface area contributed by atoms with Gasteiger partial charge in [-0.2, -0.15) is 5.10 Å². The second-order valence-corrected chi connectivity index (χ2v) is 4.57. The molecular weight excluding hydrogens is 287 g/mol. The van der Waals surface area contributed by atoms with Gasteiger partial charge in [0.1, 0.15) is 5.82 Å². The van der Waals surface area contributed by atoms with Gasteiger partial charge in [0, 0.05) is 23.3 Å². The van der Waals surface area contributed by atoms with Crippen molar-refractivity contribution in [1.82, 2.24) is 15.2 Å². The minimum Gasteiger partial charge on any atom is -0.275 e. The molecule has 0 fully saturated rings. The second kappa shape index (κ2) is 4.95. The van der Waals surface area contributed by atoms with Crippen molar-refractivity contribution in [2.45, 2.75) is 6.04 Å². The molecule has 3 N–H and O–H groups in total. The highest BCUT2D eigenvalue weighted by Crippen LogP contribution is 2.28. The first-order valence-corrected chi connectivity index (χ1v) is 5.80. The molecule has 1 aromatic carbocycles. The Morgan fingerprint density at radius 2 is 2.29 bits per heavy atom. The maximum absolute atomic E-state index is 13.3. The number of aromatic nitrogens is 2. The summed E-state index contributed by atoms with van der Waals surface area (Å²) in [4.78, 5) is 0. The molecule has 2 rings (SSSR count). The van der Waals surface area contributed by atoms with Gasteiger partial charge in [-0.25, -0.2) is 9.82 Å². The van der Waals surface area contributed by atoms with Gasteiger partial charge in [0.15, 0.2) is 0 Å². The van der Waals surface area contributed by atoms with Crippen LogP contribution in [0.25, 0.3) is 0 Å². The summed E-state index contributed by atoms with van der Waals surface area (Å²) >= 11 is 3.39. The van der Waals surface area contributed by atoms with E-state index in [-0.39, 0.29) is 11.9 Å². The van der Waals surface area contributed by atoms with E-state index in [4.69, 9.17) is 5.84 Å². The molecule has 17 heavy (non-hydrogen) atoms. The van der Waals surface area contributed by atoms with E-state index in [9.17, 15) is 4.39 Å². The van der Waals surface area contributed by atoms with E-state index < -0.39 is 0 Å². The van der Waals surface area contributed by atoms with Crippen LogP contribution < -0.4 is 11.3 Å². The van der Waals surface area contributed by atoms with Gasteiger partial charge in [-0.3, -0.25) is 10.5 Å². The van der Waals surface area contributed by atoms with E-state index in [0.717, 1.165) is 15.6 Å². The van der Waals surface area contributed by atoms with Crippen LogP contribution in [0.3, 0.4) is 0 Å². The average Bonchev–Trinajstić information content (AvgIpc) is 2.71. The Morgan fingerprint density at radius 1 is 1.53 bits per heavy atom. The number of aryl methyl sites for hydroxylation is 1. The molecule has 2 aromatic rings. The van der Waals surface area contributed by atoms with Crippen LogP contribution in [0.1, 0.15) is 17.2 Å². The van der Waals surface area contributed by atoms with Crippen molar-refractivity contribution in [3.05, 3.63) is 52.0 Å². The van der Waals surface area contributed by atoms with Crippen molar-refractivity contribution in [3.63, 3.8) is 0 Å². The number of nitrogens with two attached hydrogens (primary N) is 1. The molecule has 0 aliphatic carbocycles. The van der Waals surface area contributed by atoms with E-state index in [2.05, 4.69) is 26.5 Å². The van der Waals surface area contributed by atoms with Gasteiger partial charge in [-0.05, 0) is 23.8 Å². The predicted molar refractivity (Wildman–Crippen MR) is 66.5 cm³/mol. The molecular formula is C11H12BrFN4. The monoisotopic (exact) mass is 298 g/mol. The first-order valence-electron chi connectivity index (χ1n) is 5.01. The normalized spacial score (nSPS) is 12.7. The molecule has 1 unspecified atom stereocenters. The van der Waals surface area contributed by atoms with Gasteiger partial charge in [0.25, 0.3) is 0 Å². The smallest absolute Gasteiger partial charge is 0.123 e. The minimum absolute atomic E-state index is 0.297. The van der Waals surface area contributed by atoms with Gasteiger partial charge < -0.3 is 0 Å². The Balaban J connectivity index is 2.45. The van der Waals surface area contributed by atoms with Gasteiger partial charge >= 0.3 is 0 Å². The quantitative estimate of drug-likeness (QED) is 0.672. The van der Waals surface area contributed by atoms with Crippen molar-refractivity contribution in [2.75, 3.05) is 0 Å². The summed E-state index contributed by atoms with van der Waals surface area (Å²) in [6, 6.07) is 4.20. The van der Waals surface area contributed by atoms with Crippen molar-refractivity contribution in [3.8, 4) is 0 Å². The topological polar surface area (TPSA) is 55.9 Å². The lowest BCUT2D eigenvalue weighted by Gasteiger charge is -2.16. The van der Waals surface area contributed by atoms with E-state index in [1.54, 1.807) is 16.9 Å². The maximum Gasteiger partial charge on any atom is 0.123 e. The highest BCUT2D eigenvalue weighted by molar-refractivity contribution is 9.10. The zero-order chi connectivity index (χ0) is 12.4. The van der Waals surface area contributed by atoms with Gasteiger partial charge in [-0.1, -0.05) is 15.9 Å². The maximum atomic E-state index is 13.3. The summed E-state index contributed by atoms with van der Waals surface area (Å²) in [6.07, 6.45) is 3.53. The summed E-state index contributed by atoms with van der Waals surface area (Å²) in [7, 11) is 1.82. The third-order valence-electron chi connectivity index (χ3n) is 2.49. The summed E-state index contributed by atoms with van der Waals surface area (Å²) < 4.78 is 15.7. The van der Waals surface area contributed by atoms with Crippen LogP contribution >= 0.6 is 15.9 Å². The van der Waals surface area contributed by atoms with Crippen LogP contribution in [0.5, 0.6) is 0 Å². The zero-order valence-corrected chi connectivity index (χ0v) is 10.8. The highest BCUT2D eigenvalue weighted by atomic mass is 79.9. The largest absolute Gasteiger partial charge is 0.275 e.